The van der Waals surface area contributed by atoms with Gasteiger partial charge in [-0.05, 0) is 67.1 Å². The monoisotopic (exact) mass is 428 g/mol. The molecule has 0 saturated carbocycles. The van der Waals surface area contributed by atoms with Crippen LogP contribution in [0.4, 0.5) is 4.39 Å². The highest BCUT2D eigenvalue weighted by Gasteiger charge is 2.18. The van der Waals surface area contributed by atoms with Crippen LogP contribution in [-0.4, -0.2) is 22.3 Å². The molecule has 0 atom stereocenters. The zero-order valence-electron chi connectivity index (χ0n) is 18.2. The van der Waals surface area contributed by atoms with Crippen molar-refractivity contribution in [1.29, 1.82) is 0 Å². The molecule has 5 heteroatoms. The van der Waals surface area contributed by atoms with Gasteiger partial charge in [0, 0.05) is 23.2 Å². The maximum atomic E-state index is 13.8. The molecule has 4 rings (SSSR count). The van der Waals surface area contributed by atoms with Crippen LogP contribution in [0.2, 0.25) is 0 Å². The summed E-state index contributed by atoms with van der Waals surface area (Å²) in [6, 6.07) is 21.5. The van der Waals surface area contributed by atoms with E-state index in [-0.39, 0.29) is 23.6 Å². The van der Waals surface area contributed by atoms with Gasteiger partial charge in [-0.25, -0.2) is 4.39 Å². The molecule has 1 N–H and O–H groups in total. The van der Waals surface area contributed by atoms with Crippen LogP contribution in [0.1, 0.15) is 32.6 Å². The lowest BCUT2D eigenvalue weighted by molar-refractivity contribution is 0.0744. The Morgan fingerprint density at radius 3 is 2.50 bits per heavy atom. The number of benzene rings is 3. The molecular weight excluding hydrogens is 403 g/mol. The largest absolute Gasteiger partial charge is 0.334 e. The van der Waals surface area contributed by atoms with E-state index in [2.05, 4.69) is 11.1 Å². The fourth-order valence-corrected chi connectivity index (χ4v) is 3.87. The van der Waals surface area contributed by atoms with Crippen LogP contribution in [0.25, 0.3) is 10.9 Å². The Morgan fingerprint density at radius 2 is 1.72 bits per heavy atom. The lowest BCUT2D eigenvalue weighted by Crippen LogP contribution is -2.34. The Morgan fingerprint density at radius 1 is 0.938 bits per heavy atom. The molecule has 4 nitrogen and oxygen atoms in total. The molecule has 1 amide bonds. The second kappa shape index (κ2) is 9.18. The Kier molecular flexibility index (Phi) is 6.17. The van der Waals surface area contributed by atoms with Crippen LogP contribution >= 0.6 is 0 Å². The van der Waals surface area contributed by atoms with Gasteiger partial charge in [-0.2, -0.15) is 0 Å². The van der Waals surface area contributed by atoms with Gasteiger partial charge in [-0.1, -0.05) is 48.0 Å². The molecule has 0 aliphatic rings. The van der Waals surface area contributed by atoms with Crippen LogP contribution in [0.3, 0.4) is 0 Å². The number of halogens is 1. The quantitative estimate of drug-likeness (QED) is 0.461. The summed E-state index contributed by atoms with van der Waals surface area (Å²) >= 11 is 0. The number of carbonyl (C=O) groups is 1. The molecule has 0 aliphatic carbocycles. The zero-order chi connectivity index (χ0) is 22.7. The van der Waals surface area contributed by atoms with Crippen molar-refractivity contribution >= 4 is 16.8 Å². The Labute approximate surface area is 186 Å². The van der Waals surface area contributed by atoms with Crippen molar-refractivity contribution in [2.45, 2.75) is 26.8 Å². The second-order valence-corrected chi connectivity index (χ2v) is 8.19. The first kappa shape index (κ1) is 21.5. The second-order valence-electron chi connectivity index (χ2n) is 8.19. The summed E-state index contributed by atoms with van der Waals surface area (Å²) < 4.78 is 13.8. The van der Waals surface area contributed by atoms with E-state index in [1.54, 1.807) is 11.0 Å². The van der Waals surface area contributed by atoms with E-state index in [4.69, 9.17) is 0 Å². The number of aryl methyl sites for hydroxylation is 2. The topological polar surface area (TPSA) is 53.2 Å². The minimum atomic E-state index is -0.464. The molecular formula is C27H25FN2O2. The van der Waals surface area contributed by atoms with Gasteiger partial charge < -0.3 is 9.88 Å². The van der Waals surface area contributed by atoms with Crippen LogP contribution in [0.5, 0.6) is 0 Å². The summed E-state index contributed by atoms with van der Waals surface area (Å²) in [5.41, 5.74) is 4.60. The molecule has 162 valence electrons. The number of carbonyl (C=O) groups excluding carboxylic acids is 1. The van der Waals surface area contributed by atoms with Gasteiger partial charge in [-0.15, -0.1) is 0 Å². The number of fused-ring (bicyclic) bond motifs is 1. The standard InChI is InChI=1S/C27H25FN2O2/c1-18-5-3-6-20(13-18)11-12-30(27(32)22-7-4-8-24(28)16-22)17-23-15-21-10-9-19(2)14-25(21)29-26(23)31/h3-10,13-16H,11-12,17H2,1-2H3,(H,29,31). The summed E-state index contributed by atoms with van der Waals surface area (Å²) in [7, 11) is 0. The number of nitrogens with zero attached hydrogens (tertiary/aromatic N) is 1. The molecule has 0 fully saturated rings. The molecule has 3 aromatic carbocycles. The van der Waals surface area contributed by atoms with Crippen LogP contribution in [-0.2, 0) is 13.0 Å². The van der Waals surface area contributed by atoms with Crippen molar-refractivity contribution < 1.29 is 9.18 Å². The summed E-state index contributed by atoms with van der Waals surface area (Å²) in [6.45, 7) is 4.54. The molecule has 0 saturated heterocycles. The number of nitrogens with one attached hydrogen (secondary N) is 1. The lowest BCUT2D eigenvalue weighted by Gasteiger charge is -2.23. The van der Waals surface area contributed by atoms with E-state index >= 15 is 0 Å². The minimum Gasteiger partial charge on any atom is -0.334 e. The van der Waals surface area contributed by atoms with E-state index in [9.17, 15) is 14.0 Å². The first-order valence-corrected chi connectivity index (χ1v) is 10.6. The molecule has 0 aliphatic heterocycles. The maximum absolute atomic E-state index is 13.8. The highest BCUT2D eigenvalue weighted by atomic mass is 19.1. The lowest BCUT2D eigenvalue weighted by atomic mass is 10.1. The van der Waals surface area contributed by atoms with Gasteiger partial charge in [0.2, 0.25) is 0 Å². The fourth-order valence-electron chi connectivity index (χ4n) is 3.87. The van der Waals surface area contributed by atoms with Gasteiger partial charge in [-0.3, -0.25) is 9.59 Å². The normalized spacial score (nSPS) is 11.0. The van der Waals surface area contributed by atoms with Crippen molar-refractivity contribution in [3.63, 3.8) is 0 Å². The summed E-state index contributed by atoms with van der Waals surface area (Å²) in [6.07, 6.45) is 0.632. The van der Waals surface area contributed by atoms with Gasteiger partial charge in [0.25, 0.3) is 11.5 Å². The van der Waals surface area contributed by atoms with Gasteiger partial charge in [0.1, 0.15) is 5.82 Å². The molecule has 1 heterocycles. The van der Waals surface area contributed by atoms with Gasteiger partial charge >= 0.3 is 0 Å². The van der Waals surface area contributed by atoms with E-state index in [0.717, 1.165) is 27.6 Å². The average molecular weight is 429 g/mol. The number of aromatic amines is 1. The smallest absolute Gasteiger partial charge is 0.254 e. The SMILES string of the molecule is Cc1cccc(CCN(Cc2cc3ccc(C)cc3[nH]c2=O)C(=O)c2cccc(F)c2)c1. The van der Waals surface area contributed by atoms with Crippen molar-refractivity contribution in [3.8, 4) is 0 Å². The Hall–Kier alpha value is -3.73. The Balaban J connectivity index is 1.66. The van der Waals surface area contributed by atoms with E-state index in [1.807, 2.05) is 56.3 Å². The molecule has 4 aromatic rings. The fraction of sp³-hybridized carbons (Fsp3) is 0.185. The van der Waals surface area contributed by atoms with E-state index < -0.39 is 5.82 Å². The predicted molar refractivity (Wildman–Crippen MR) is 125 cm³/mol. The number of hydrogen-bond acceptors (Lipinski definition) is 2. The third-order valence-electron chi connectivity index (χ3n) is 5.55. The molecule has 0 radical (unpaired) electrons. The summed E-state index contributed by atoms with van der Waals surface area (Å²) in [5, 5.41) is 0.905. The van der Waals surface area contributed by atoms with Gasteiger partial charge in [0.15, 0.2) is 0 Å². The highest BCUT2D eigenvalue weighted by Crippen LogP contribution is 2.16. The number of H-pyrrole nitrogens is 1. The van der Waals surface area contributed by atoms with Crippen LogP contribution in [0, 0.1) is 19.7 Å². The number of aromatic nitrogens is 1. The van der Waals surface area contributed by atoms with Crippen molar-refractivity contribution in [2.75, 3.05) is 6.54 Å². The summed E-state index contributed by atoms with van der Waals surface area (Å²) in [4.78, 5) is 30.5. The summed E-state index contributed by atoms with van der Waals surface area (Å²) in [5.74, 6) is -0.769. The molecule has 0 bridgehead atoms. The number of rotatable bonds is 6. The molecule has 0 spiro atoms. The number of pyridine rings is 1. The zero-order valence-corrected chi connectivity index (χ0v) is 18.2. The van der Waals surface area contributed by atoms with Crippen LogP contribution in [0.15, 0.2) is 77.6 Å². The average Bonchev–Trinajstić information content (AvgIpc) is 2.76. The molecule has 0 unspecified atom stereocenters. The van der Waals surface area contributed by atoms with Crippen molar-refractivity contribution in [1.82, 2.24) is 9.88 Å². The molecule has 1 aromatic heterocycles. The van der Waals surface area contributed by atoms with Crippen molar-refractivity contribution in [3.05, 3.63) is 117 Å². The van der Waals surface area contributed by atoms with Crippen LogP contribution < -0.4 is 5.56 Å². The predicted octanol–water partition coefficient (Wildman–Crippen LogP) is 5.17. The first-order chi connectivity index (χ1) is 15.4. The first-order valence-electron chi connectivity index (χ1n) is 10.6. The maximum Gasteiger partial charge on any atom is 0.254 e. The third-order valence-corrected chi connectivity index (χ3v) is 5.55. The van der Waals surface area contributed by atoms with E-state index in [1.165, 1.54) is 18.2 Å². The minimum absolute atomic E-state index is 0.139. The van der Waals surface area contributed by atoms with Gasteiger partial charge in [0.05, 0.1) is 6.54 Å². The third kappa shape index (κ3) is 4.94. The highest BCUT2D eigenvalue weighted by molar-refractivity contribution is 5.94. The number of hydrogen-bond donors (Lipinski definition) is 1. The van der Waals surface area contributed by atoms with E-state index in [0.29, 0.717) is 18.5 Å². The number of amides is 1. The van der Waals surface area contributed by atoms with Crippen molar-refractivity contribution in [2.24, 2.45) is 0 Å². The molecule has 32 heavy (non-hydrogen) atoms. The Bertz CT molecular complexity index is 1340.